The second-order valence-electron chi connectivity index (χ2n) is 6.02. The Morgan fingerprint density at radius 2 is 1.92 bits per heavy atom. The van der Waals surface area contributed by atoms with E-state index in [0.29, 0.717) is 5.75 Å². The third kappa shape index (κ3) is 4.13. The van der Waals surface area contributed by atoms with E-state index < -0.39 is 12.1 Å². The highest BCUT2D eigenvalue weighted by molar-refractivity contribution is 5.74. The summed E-state index contributed by atoms with van der Waals surface area (Å²) in [6.07, 6.45) is -1.30. The lowest BCUT2D eigenvalue weighted by molar-refractivity contribution is -0.156. The number of nitrogens with zero attached hydrogens (tertiary/aromatic N) is 1. The Hall–Kier alpha value is -2.37. The second kappa shape index (κ2) is 7.47. The molecule has 0 aliphatic carbocycles. The molecule has 0 spiro atoms. The number of hydrogen-bond donors (Lipinski definition) is 1. The van der Waals surface area contributed by atoms with Gasteiger partial charge in [0, 0.05) is 13.1 Å². The molecule has 2 aromatic rings. The number of carbonyl (C=O) groups is 1. The minimum atomic E-state index is -1.30. The summed E-state index contributed by atoms with van der Waals surface area (Å²) in [5.74, 6) is -0.0290. The number of carbonyl (C=O) groups excluding carboxylic acids is 1. The van der Waals surface area contributed by atoms with Crippen LogP contribution in [0.3, 0.4) is 0 Å². The fourth-order valence-electron chi connectivity index (χ4n) is 2.70. The van der Waals surface area contributed by atoms with E-state index in [4.69, 9.17) is 9.47 Å². The molecule has 0 amide bonds. The molecule has 0 saturated heterocycles. The molecule has 5 heteroatoms. The topological polar surface area (TPSA) is 59.0 Å². The first-order valence-electron chi connectivity index (χ1n) is 7.93. The van der Waals surface area contributed by atoms with Crippen molar-refractivity contribution in [3.8, 4) is 5.75 Å². The quantitative estimate of drug-likeness (QED) is 0.824. The van der Waals surface area contributed by atoms with Crippen LogP contribution in [0.5, 0.6) is 5.75 Å². The lowest BCUT2D eigenvalue weighted by atomic mass is 10.1. The molecule has 0 fully saturated rings. The SMILES string of the molecule is CN1Cc2ccc(OC[C@@H](O)C(=O)OCc3ccccc3)cc2C1. The van der Waals surface area contributed by atoms with Gasteiger partial charge >= 0.3 is 5.97 Å². The average Bonchev–Trinajstić information content (AvgIpc) is 2.97. The highest BCUT2D eigenvalue weighted by atomic mass is 16.6. The van der Waals surface area contributed by atoms with Crippen molar-refractivity contribution in [1.29, 1.82) is 0 Å². The molecule has 1 aliphatic heterocycles. The van der Waals surface area contributed by atoms with E-state index in [9.17, 15) is 9.90 Å². The van der Waals surface area contributed by atoms with Crippen LogP contribution in [0.15, 0.2) is 48.5 Å². The van der Waals surface area contributed by atoms with Crippen LogP contribution in [0.2, 0.25) is 0 Å². The van der Waals surface area contributed by atoms with Crippen LogP contribution in [0.1, 0.15) is 16.7 Å². The number of hydrogen-bond acceptors (Lipinski definition) is 5. The predicted octanol–water partition coefficient (Wildman–Crippen LogP) is 2.12. The van der Waals surface area contributed by atoms with Gasteiger partial charge in [-0.05, 0) is 35.9 Å². The summed E-state index contributed by atoms with van der Waals surface area (Å²) in [5.41, 5.74) is 3.38. The minimum Gasteiger partial charge on any atom is -0.490 e. The fraction of sp³-hybridized carbons (Fsp3) is 0.316. The normalized spacial score (nSPS) is 14.9. The van der Waals surface area contributed by atoms with E-state index in [1.165, 1.54) is 11.1 Å². The molecule has 1 N–H and O–H groups in total. The van der Waals surface area contributed by atoms with Gasteiger partial charge in [0.15, 0.2) is 6.10 Å². The first kappa shape index (κ1) is 16.5. The van der Waals surface area contributed by atoms with Crippen molar-refractivity contribution in [2.45, 2.75) is 25.8 Å². The summed E-state index contributed by atoms with van der Waals surface area (Å²) in [4.78, 5) is 14.0. The van der Waals surface area contributed by atoms with Gasteiger partial charge in [0.25, 0.3) is 0 Å². The standard InChI is InChI=1S/C19H21NO4/c1-20-10-15-7-8-17(9-16(15)11-20)23-13-18(21)19(22)24-12-14-5-3-2-4-6-14/h2-9,18,21H,10-13H2,1H3/t18-/m1/s1. The zero-order valence-corrected chi connectivity index (χ0v) is 13.6. The molecule has 5 nitrogen and oxygen atoms in total. The van der Waals surface area contributed by atoms with Gasteiger partial charge < -0.3 is 14.6 Å². The Morgan fingerprint density at radius 3 is 2.71 bits per heavy atom. The van der Waals surface area contributed by atoms with E-state index in [1.807, 2.05) is 48.5 Å². The first-order chi connectivity index (χ1) is 11.6. The van der Waals surface area contributed by atoms with E-state index >= 15 is 0 Å². The number of fused-ring (bicyclic) bond motifs is 1. The van der Waals surface area contributed by atoms with Crippen molar-refractivity contribution >= 4 is 5.97 Å². The smallest absolute Gasteiger partial charge is 0.338 e. The number of benzene rings is 2. The first-order valence-corrected chi connectivity index (χ1v) is 7.93. The molecule has 0 saturated carbocycles. The number of aliphatic hydroxyl groups excluding tert-OH is 1. The maximum Gasteiger partial charge on any atom is 0.338 e. The van der Waals surface area contributed by atoms with Crippen molar-refractivity contribution in [2.75, 3.05) is 13.7 Å². The number of ether oxygens (including phenoxy) is 2. The Balaban J connectivity index is 1.47. The molecule has 1 aliphatic rings. The molecule has 126 valence electrons. The Bertz CT molecular complexity index is 702. The molecule has 0 aromatic heterocycles. The summed E-state index contributed by atoms with van der Waals surface area (Å²) >= 11 is 0. The Labute approximate surface area is 141 Å². The highest BCUT2D eigenvalue weighted by Gasteiger charge is 2.19. The molecule has 3 rings (SSSR count). The van der Waals surface area contributed by atoms with E-state index in [0.717, 1.165) is 18.7 Å². The molecular formula is C19H21NO4. The van der Waals surface area contributed by atoms with E-state index in [-0.39, 0.29) is 13.2 Å². The fourth-order valence-corrected chi connectivity index (χ4v) is 2.70. The van der Waals surface area contributed by atoms with E-state index in [2.05, 4.69) is 11.9 Å². The molecule has 0 radical (unpaired) electrons. The maximum absolute atomic E-state index is 11.8. The number of esters is 1. The van der Waals surface area contributed by atoms with Crippen molar-refractivity contribution in [1.82, 2.24) is 4.90 Å². The van der Waals surface area contributed by atoms with Crippen molar-refractivity contribution in [2.24, 2.45) is 0 Å². The summed E-state index contributed by atoms with van der Waals surface area (Å²) in [6, 6.07) is 15.2. The molecule has 0 unspecified atom stereocenters. The third-order valence-corrected chi connectivity index (χ3v) is 3.96. The molecular weight excluding hydrogens is 306 g/mol. The predicted molar refractivity (Wildman–Crippen MR) is 89.4 cm³/mol. The molecule has 2 aromatic carbocycles. The van der Waals surface area contributed by atoms with Gasteiger partial charge in [-0.2, -0.15) is 0 Å². The van der Waals surface area contributed by atoms with E-state index in [1.54, 1.807) is 0 Å². The minimum absolute atomic E-state index is 0.123. The zero-order valence-electron chi connectivity index (χ0n) is 13.6. The van der Waals surface area contributed by atoms with Gasteiger partial charge in [-0.3, -0.25) is 4.90 Å². The third-order valence-electron chi connectivity index (χ3n) is 3.96. The van der Waals surface area contributed by atoms with Gasteiger partial charge in [0.1, 0.15) is 19.0 Å². The second-order valence-corrected chi connectivity index (χ2v) is 6.02. The number of aliphatic hydroxyl groups is 1. The lowest BCUT2D eigenvalue weighted by Crippen LogP contribution is -2.29. The van der Waals surface area contributed by atoms with Crippen LogP contribution < -0.4 is 4.74 Å². The van der Waals surface area contributed by atoms with Crippen molar-refractivity contribution < 1.29 is 19.4 Å². The molecule has 1 atom stereocenters. The summed E-state index contributed by atoms with van der Waals surface area (Å²) in [7, 11) is 2.06. The van der Waals surface area contributed by atoms with Gasteiger partial charge in [0.2, 0.25) is 0 Å². The van der Waals surface area contributed by atoms with Gasteiger partial charge in [-0.25, -0.2) is 4.79 Å². The van der Waals surface area contributed by atoms with Crippen LogP contribution in [0.4, 0.5) is 0 Å². The van der Waals surface area contributed by atoms with Crippen molar-refractivity contribution in [3.05, 3.63) is 65.2 Å². The maximum atomic E-state index is 11.8. The van der Waals surface area contributed by atoms with Gasteiger partial charge in [-0.15, -0.1) is 0 Å². The molecule has 24 heavy (non-hydrogen) atoms. The summed E-state index contributed by atoms with van der Waals surface area (Å²) in [6.45, 7) is 1.84. The Kier molecular flexibility index (Phi) is 5.13. The largest absolute Gasteiger partial charge is 0.490 e. The van der Waals surface area contributed by atoms with Crippen LogP contribution in [-0.2, 0) is 29.2 Å². The lowest BCUT2D eigenvalue weighted by Gasteiger charge is -2.13. The van der Waals surface area contributed by atoms with Crippen LogP contribution in [-0.4, -0.2) is 35.7 Å². The van der Waals surface area contributed by atoms with Crippen LogP contribution in [0.25, 0.3) is 0 Å². The summed E-state index contributed by atoms with van der Waals surface area (Å²) < 4.78 is 10.6. The Morgan fingerprint density at radius 1 is 1.17 bits per heavy atom. The van der Waals surface area contributed by atoms with Gasteiger partial charge in [-0.1, -0.05) is 36.4 Å². The zero-order chi connectivity index (χ0) is 16.9. The monoisotopic (exact) mass is 327 g/mol. The summed E-state index contributed by atoms with van der Waals surface area (Å²) in [5, 5.41) is 9.88. The number of rotatable bonds is 6. The van der Waals surface area contributed by atoms with Gasteiger partial charge in [0.05, 0.1) is 0 Å². The molecule has 1 heterocycles. The van der Waals surface area contributed by atoms with Crippen LogP contribution >= 0.6 is 0 Å². The average molecular weight is 327 g/mol. The highest BCUT2D eigenvalue weighted by Crippen LogP contribution is 2.25. The molecule has 0 bridgehead atoms. The van der Waals surface area contributed by atoms with Crippen molar-refractivity contribution in [3.63, 3.8) is 0 Å². The van der Waals surface area contributed by atoms with Crippen LogP contribution in [0, 0.1) is 0 Å².